The number of hydrogen-bond acceptors (Lipinski definition) is 2. The molecule has 0 radical (unpaired) electrons. The van der Waals surface area contributed by atoms with Crippen LogP contribution >= 0.6 is 11.6 Å². The van der Waals surface area contributed by atoms with Crippen molar-refractivity contribution in [3.63, 3.8) is 0 Å². The van der Waals surface area contributed by atoms with Crippen LogP contribution in [-0.2, 0) is 6.54 Å². The molecule has 1 heterocycles. The Labute approximate surface area is 103 Å². The van der Waals surface area contributed by atoms with E-state index in [9.17, 15) is 0 Å². The van der Waals surface area contributed by atoms with Gasteiger partial charge in [-0.15, -0.1) is 0 Å². The Balaban J connectivity index is 1.95. The lowest BCUT2D eigenvalue weighted by molar-refractivity contribution is 0.1000. The van der Waals surface area contributed by atoms with Gasteiger partial charge in [-0.25, -0.2) is 0 Å². The van der Waals surface area contributed by atoms with Gasteiger partial charge in [0.25, 0.3) is 0 Å². The Bertz CT molecular complexity index is 354. The fraction of sp³-hybridized carbons (Fsp3) is 0.538. The average molecular weight is 239 g/mol. The van der Waals surface area contributed by atoms with Crippen LogP contribution in [-0.4, -0.2) is 42.5 Å². The largest absolute Gasteiger partial charge is 0.301 e. The zero-order valence-electron chi connectivity index (χ0n) is 9.99. The van der Waals surface area contributed by atoms with E-state index < -0.39 is 0 Å². The molecule has 1 saturated heterocycles. The van der Waals surface area contributed by atoms with Gasteiger partial charge in [0.1, 0.15) is 0 Å². The number of hydrogen-bond donors (Lipinski definition) is 0. The molecule has 3 heteroatoms. The summed E-state index contributed by atoms with van der Waals surface area (Å²) < 4.78 is 0. The molecule has 0 aromatic heterocycles. The molecule has 0 saturated carbocycles. The van der Waals surface area contributed by atoms with E-state index in [1.165, 1.54) is 5.56 Å². The molecule has 16 heavy (non-hydrogen) atoms. The SMILES string of the molecule is CC1CN(Cc2cccc(Cl)c2)CCN1C. The van der Waals surface area contributed by atoms with Crippen molar-refractivity contribution in [1.82, 2.24) is 9.80 Å². The monoisotopic (exact) mass is 238 g/mol. The second kappa shape index (κ2) is 5.17. The van der Waals surface area contributed by atoms with Crippen LogP contribution in [0.15, 0.2) is 24.3 Å². The smallest absolute Gasteiger partial charge is 0.0409 e. The van der Waals surface area contributed by atoms with E-state index in [-0.39, 0.29) is 0 Å². The number of rotatable bonds is 2. The van der Waals surface area contributed by atoms with Crippen molar-refractivity contribution in [2.75, 3.05) is 26.7 Å². The topological polar surface area (TPSA) is 6.48 Å². The first-order valence-corrected chi connectivity index (χ1v) is 6.20. The minimum atomic E-state index is 0.646. The van der Waals surface area contributed by atoms with E-state index in [1.54, 1.807) is 0 Å². The first-order chi connectivity index (χ1) is 7.65. The molecule has 1 atom stereocenters. The average Bonchev–Trinajstić information content (AvgIpc) is 2.24. The molecular formula is C13H19ClN2. The number of piperazine rings is 1. The third-order valence-electron chi connectivity index (χ3n) is 3.34. The zero-order chi connectivity index (χ0) is 11.5. The predicted octanol–water partition coefficient (Wildman–Crippen LogP) is 2.48. The minimum absolute atomic E-state index is 0.646. The van der Waals surface area contributed by atoms with Crippen molar-refractivity contribution in [3.8, 4) is 0 Å². The summed E-state index contributed by atoms with van der Waals surface area (Å²) >= 11 is 5.99. The Morgan fingerprint density at radius 3 is 2.88 bits per heavy atom. The third kappa shape index (κ3) is 2.97. The highest BCUT2D eigenvalue weighted by molar-refractivity contribution is 6.30. The highest BCUT2D eigenvalue weighted by Gasteiger charge is 2.20. The van der Waals surface area contributed by atoms with Gasteiger partial charge in [-0.3, -0.25) is 4.90 Å². The molecule has 2 nitrogen and oxygen atoms in total. The van der Waals surface area contributed by atoms with Crippen LogP contribution in [0.25, 0.3) is 0 Å². The van der Waals surface area contributed by atoms with Crippen molar-refractivity contribution in [2.45, 2.75) is 19.5 Å². The van der Waals surface area contributed by atoms with Crippen molar-refractivity contribution in [2.24, 2.45) is 0 Å². The lowest BCUT2D eigenvalue weighted by Crippen LogP contribution is -2.49. The molecule has 1 aromatic rings. The van der Waals surface area contributed by atoms with Crippen LogP contribution in [0, 0.1) is 0 Å². The van der Waals surface area contributed by atoms with Gasteiger partial charge in [-0.1, -0.05) is 23.7 Å². The Morgan fingerprint density at radius 2 is 2.19 bits per heavy atom. The summed E-state index contributed by atoms with van der Waals surface area (Å²) in [4.78, 5) is 4.91. The summed E-state index contributed by atoms with van der Waals surface area (Å²) in [5.74, 6) is 0. The van der Waals surface area contributed by atoms with Gasteiger partial charge in [0.05, 0.1) is 0 Å². The van der Waals surface area contributed by atoms with Crippen LogP contribution in [0.2, 0.25) is 5.02 Å². The Kier molecular flexibility index (Phi) is 3.85. The summed E-state index contributed by atoms with van der Waals surface area (Å²) in [6.07, 6.45) is 0. The summed E-state index contributed by atoms with van der Waals surface area (Å²) in [5, 5.41) is 0.833. The standard InChI is InChI=1S/C13H19ClN2/c1-11-9-16(7-6-15(11)2)10-12-4-3-5-13(14)8-12/h3-5,8,11H,6-7,9-10H2,1-2H3. The van der Waals surface area contributed by atoms with Gasteiger partial charge >= 0.3 is 0 Å². The van der Waals surface area contributed by atoms with Gasteiger partial charge in [0, 0.05) is 37.2 Å². The molecule has 1 unspecified atom stereocenters. The Hall–Kier alpha value is -0.570. The first-order valence-electron chi connectivity index (χ1n) is 5.82. The summed E-state index contributed by atoms with van der Waals surface area (Å²) in [6.45, 7) is 6.74. The Morgan fingerprint density at radius 1 is 1.38 bits per heavy atom. The van der Waals surface area contributed by atoms with Crippen LogP contribution in [0.4, 0.5) is 0 Å². The molecule has 1 fully saturated rings. The van der Waals surface area contributed by atoms with Crippen molar-refractivity contribution < 1.29 is 0 Å². The van der Waals surface area contributed by atoms with Gasteiger partial charge < -0.3 is 4.90 Å². The number of nitrogens with zero attached hydrogens (tertiary/aromatic N) is 2. The molecule has 0 spiro atoms. The van der Waals surface area contributed by atoms with Gasteiger partial charge in [0.15, 0.2) is 0 Å². The molecule has 1 aromatic carbocycles. The van der Waals surface area contributed by atoms with Crippen LogP contribution in [0.5, 0.6) is 0 Å². The quantitative estimate of drug-likeness (QED) is 0.781. The maximum atomic E-state index is 5.99. The predicted molar refractivity (Wildman–Crippen MR) is 68.8 cm³/mol. The third-order valence-corrected chi connectivity index (χ3v) is 3.57. The van der Waals surface area contributed by atoms with E-state index in [4.69, 9.17) is 11.6 Å². The lowest BCUT2D eigenvalue weighted by Gasteiger charge is -2.37. The van der Waals surface area contributed by atoms with Gasteiger partial charge in [-0.05, 0) is 31.7 Å². The summed E-state index contributed by atoms with van der Waals surface area (Å²) in [6, 6.07) is 8.81. The molecule has 1 aliphatic heterocycles. The normalized spacial score (nSPS) is 23.6. The number of likely N-dealkylation sites (N-methyl/N-ethyl adjacent to an activating group) is 1. The molecule has 0 aliphatic carbocycles. The van der Waals surface area contributed by atoms with Crippen molar-refractivity contribution >= 4 is 11.6 Å². The highest BCUT2D eigenvalue weighted by atomic mass is 35.5. The van der Waals surface area contributed by atoms with Crippen molar-refractivity contribution in [3.05, 3.63) is 34.9 Å². The highest BCUT2D eigenvalue weighted by Crippen LogP contribution is 2.15. The molecule has 88 valence electrons. The summed E-state index contributed by atoms with van der Waals surface area (Å²) in [7, 11) is 2.20. The van der Waals surface area contributed by atoms with E-state index in [0.29, 0.717) is 6.04 Å². The van der Waals surface area contributed by atoms with Gasteiger partial charge in [-0.2, -0.15) is 0 Å². The first kappa shape index (κ1) is 11.9. The van der Waals surface area contributed by atoms with Crippen molar-refractivity contribution in [1.29, 1.82) is 0 Å². The lowest BCUT2D eigenvalue weighted by atomic mass is 10.1. The molecule has 0 N–H and O–H groups in total. The zero-order valence-corrected chi connectivity index (χ0v) is 10.7. The number of benzene rings is 1. The number of halogens is 1. The second-order valence-electron chi connectivity index (χ2n) is 4.69. The summed E-state index contributed by atoms with van der Waals surface area (Å²) in [5.41, 5.74) is 1.31. The maximum absolute atomic E-state index is 5.99. The van der Waals surface area contributed by atoms with Gasteiger partial charge in [0.2, 0.25) is 0 Å². The fourth-order valence-electron chi connectivity index (χ4n) is 2.16. The molecule has 0 amide bonds. The van der Waals surface area contributed by atoms with Crippen LogP contribution < -0.4 is 0 Å². The molecular weight excluding hydrogens is 220 g/mol. The van der Waals surface area contributed by atoms with Crippen LogP contribution in [0.1, 0.15) is 12.5 Å². The maximum Gasteiger partial charge on any atom is 0.0409 e. The minimum Gasteiger partial charge on any atom is -0.301 e. The fourth-order valence-corrected chi connectivity index (χ4v) is 2.37. The van der Waals surface area contributed by atoms with E-state index in [1.807, 2.05) is 12.1 Å². The molecule has 1 aliphatic rings. The second-order valence-corrected chi connectivity index (χ2v) is 5.13. The molecule has 2 rings (SSSR count). The van der Waals surface area contributed by atoms with E-state index in [0.717, 1.165) is 31.2 Å². The van der Waals surface area contributed by atoms with E-state index in [2.05, 4.69) is 35.9 Å². The molecule has 0 bridgehead atoms. The van der Waals surface area contributed by atoms with E-state index >= 15 is 0 Å². The van der Waals surface area contributed by atoms with Crippen LogP contribution in [0.3, 0.4) is 0 Å².